The van der Waals surface area contributed by atoms with Gasteiger partial charge >= 0.3 is 0 Å². The van der Waals surface area contributed by atoms with Crippen LogP contribution in [0.5, 0.6) is 0 Å². The first-order valence-electron chi connectivity index (χ1n) is 11.2. The van der Waals surface area contributed by atoms with Gasteiger partial charge in [0.1, 0.15) is 5.82 Å². The number of nitrogens with one attached hydrogen (secondary N) is 1. The van der Waals surface area contributed by atoms with Crippen LogP contribution in [-0.4, -0.2) is 37.1 Å². The molecule has 0 spiro atoms. The molecule has 1 amide bonds. The molecule has 32 heavy (non-hydrogen) atoms. The van der Waals surface area contributed by atoms with Crippen LogP contribution in [0.25, 0.3) is 32.9 Å². The first-order valence-corrected chi connectivity index (χ1v) is 11.2. The number of hydrogen-bond acceptors (Lipinski definition) is 5. The van der Waals surface area contributed by atoms with Crippen molar-refractivity contribution in [1.82, 2.24) is 19.5 Å². The van der Waals surface area contributed by atoms with E-state index >= 15 is 0 Å². The number of aryl methyl sites for hydroxylation is 3. The number of hydrogen-bond donors (Lipinski definition) is 2. The first-order chi connectivity index (χ1) is 15.5. The van der Waals surface area contributed by atoms with E-state index < -0.39 is 0 Å². The lowest BCUT2D eigenvalue weighted by atomic mass is 9.97. The number of rotatable bonds is 7. The van der Waals surface area contributed by atoms with E-state index in [1.807, 2.05) is 36.4 Å². The van der Waals surface area contributed by atoms with E-state index in [1.165, 1.54) is 0 Å². The van der Waals surface area contributed by atoms with Crippen molar-refractivity contribution in [3.8, 4) is 11.1 Å². The molecule has 164 valence electrons. The average Bonchev–Trinajstić information content (AvgIpc) is 3.56. The van der Waals surface area contributed by atoms with Gasteiger partial charge in [0.05, 0.1) is 17.4 Å². The van der Waals surface area contributed by atoms with Gasteiger partial charge in [0, 0.05) is 59.6 Å². The Morgan fingerprint density at radius 3 is 2.72 bits per heavy atom. The molecule has 0 radical (unpaired) electrons. The summed E-state index contributed by atoms with van der Waals surface area (Å²) in [6.45, 7) is 2.32. The van der Waals surface area contributed by atoms with E-state index in [-0.39, 0.29) is 18.4 Å². The van der Waals surface area contributed by atoms with Gasteiger partial charge in [-0.1, -0.05) is 0 Å². The fourth-order valence-corrected chi connectivity index (χ4v) is 4.25. The van der Waals surface area contributed by atoms with Crippen molar-refractivity contribution in [3.05, 3.63) is 48.2 Å². The number of pyridine rings is 2. The highest BCUT2D eigenvalue weighted by Crippen LogP contribution is 2.36. The average molecular weight is 430 g/mol. The molecule has 5 rings (SSSR count). The maximum absolute atomic E-state index is 12.2. The normalized spacial score (nSPS) is 13.7. The molecule has 1 saturated carbocycles. The summed E-state index contributed by atoms with van der Waals surface area (Å²) in [5.74, 6) is 0.748. The summed E-state index contributed by atoms with van der Waals surface area (Å²) in [4.78, 5) is 26.0. The lowest BCUT2D eigenvalue weighted by molar-refractivity contribution is -0.117. The molecule has 2 N–H and O–H groups in total. The number of amides is 1. The Morgan fingerprint density at radius 1 is 1.12 bits per heavy atom. The van der Waals surface area contributed by atoms with E-state index in [2.05, 4.69) is 39.3 Å². The van der Waals surface area contributed by atoms with Crippen LogP contribution in [0.3, 0.4) is 0 Å². The molecule has 0 saturated heterocycles. The Kier molecular flexibility index (Phi) is 5.35. The summed E-state index contributed by atoms with van der Waals surface area (Å²) in [5.41, 5.74) is 6.24. The first kappa shape index (κ1) is 20.6. The van der Waals surface area contributed by atoms with Crippen molar-refractivity contribution in [3.63, 3.8) is 0 Å². The van der Waals surface area contributed by atoms with Crippen LogP contribution in [0.1, 0.15) is 36.9 Å². The summed E-state index contributed by atoms with van der Waals surface area (Å²) >= 11 is 0. The summed E-state index contributed by atoms with van der Waals surface area (Å²) in [5, 5.41) is 13.9. The van der Waals surface area contributed by atoms with Gasteiger partial charge in [-0.2, -0.15) is 0 Å². The van der Waals surface area contributed by atoms with Crippen LogP contribution in [0.4, 0.5) is 5.82 Å². The molecule has 0 aliphatic heterocycles. The topological polar surface area (TPSA) is 92.9 Å². The predicted molar refractivity (Wildman–Crippen MR) is 125 cm³/mol. The van der Waals surface area contributed by atoms with E-state index in [9.17, 15) is 4.79 Å². The second kappa shape index (κ2) is 8.31. The van der Waals surface area contributed by atoms with Crippen LogP contribution < -0.4 is 5.32 Å². The number of aromatic nitrogens is 4. The number of aliphatic hydroxyl groups is 1. The molecule has 7 heteroatoms. The van der Waals surface area contributed by atoms with Crippen LogP contribution in [-0.2, 0) is 18.3 Å². The number of anilines is 1. The maximum atomic E-state index is 12.2. The minimum atomic E-state index is 0.0477. The lowest BCUT2D eigenvalue weighted by Gasteiger charge is -2.13. The van der Waals surface area contributed by atoms with E-state index in [0.717, 1.165) is 76.3 Å². The summed E-state index contributed by atoms with van der Waals surface area (Å²) < 4.78 is 2.03. The number of imidazole rings is 1. The number of nitrogens with zero attached hydrogens (tertiary/aromatic N) is 4. The molecule has 0 atom stereocenters. The molecular weight excluding hydrogens is 402 g/mol. The Morgan fingerprint density at radius 2 is 1.97 bits per heavy atom. The third kappa shape index (κ3) is 3.84. The number of carbonyl (C=O) groups is 1. The molecule has 1 aliphatic carbocycles. The third-order valence-corrected chi connectivity index (χ3v) is 6.18. The van der Waals surface area contributed by atoms with Crippen LogP contribution in [0.2, 0.25) is 0 Å². The third-order valence-electron chi connectivity index (χ3n) is 6.18. The molecule has 3 heterocycles. The second-order valence-corrected chi connectivity index (χ2v) is 8.70. The molecule has 4 aromatic rings. The van der Waals surface area contributed by atoms with Gasteiger partial charge in [0.25, 0.3) is 0 Å². The van der Waals surface area contributed by atoms with E-state index in [4.69, 9.17) is 5.11 Å². The molecule has 0 unspecified atom stereocenters. The summed E-state index contributed by atoms with van der Waals surface area (Å²) in [6, 6.07) is 6.19. The van der Waals surface area contributed by atoms with Crippen LogP contribution >= 0.6 is 0 Å². The Balaban J connectivity index is 1.57. The smallest absolute Gasteiger partial charge is 0.228 e. The van der Waals surface area contributed by atoms with Gasteiger partial charge in [-0.05, 0) is 62.8 Å². The van der Waals surface area contributed by atoms with Gasteiger partial charge in [0.2, 0.25) is 5.91 Å². The molecule has 1 aromatic carbocycles. The van der Waals surface area contributed by atoms with Gasteiger partial charge < -0.3 is 15.0 Å². The summed E-state index contributed by atoms with van der Waals surface area (Å²) in [6.07, 6.45) is 10.1. The number of aliphatic hydroxyl groups excluding tert-OH is 1. The number of carbonyl (C=O) groups excluding carboxylic acids is 1. The van der Waals surface area contributed by atoms with Crippen molar-refractivity contribution in [1.29, 1.82) is 0 Å². The zero-order chi connectivity index (χ0) is 22.2. The van der Waals surface area contributed by atoms with Gasteiger partial charge in [-0.25, -0.2) is 9.97 Å². The highest BCUT2D eigenvalue weighted by molar-refractivity contribution is 6.11. The standard InChI is InChI=1S/C25H27N5O2/c1-15-9-18(5-3-4-8-31)26-13-21(15)20-10-17-12-27-22(29-25(32)16-6-7-16)11-19(17)23-24(20)30(2)14-28-23/h9-14,16,31H,3-8H2,1-2H3,(H,27,29,32). The van der Waals surface area contributed by atoms with Gasteiger partial charge in [-0.15, -0.1) is 0 Å². The van der Waals surface area contributed by atoms with Crippen LogP contribution in [0.15, 0.2) is 36.9 Å². The summed E-state index contributed by atoms with van der Waals surface area (Å²) in [7, 11) is 1.99. The predicted octanol–water partition coefficient (Wildman–Crippen LogP) is 4.16. The highest BCUT2D eigenvalue weighted by atomic mass is 16.2. The number of unbranched alkanes of at least 4 members (excludes halogenated alkanes) is 1. The van der Waals surface area contributed by atoms with Gasteiger partial charge in [0.15, 0.2) is 0 Å². The second-order valence-electron chi connectivity index (χ2n) is 8.70. The highest BCUT2D eigenvalue weighted by Gasteiger charge is 2.29. The monoisotopic (exact) mass is 429 g/mol. The van der Waals surface area contributed by atoms with Crippen molar-refractivity contribution in [2.75, 3.05) is 11.9 Å². The van der Waals surface area contributed by atoms with Crippen molar-refractivity contribution >= 4 is 33.5 Å². The Labute approximate surface area is 186 Å². The Bertz CT molecular complexity index is 1320. The lowest BCUT2D eigenvalue weighted by Crippen LogP contribution is -2.14. The minimum absolute atomic E-state index is 0.0477. The minimum Gasteiger partial charge on any atom is -0.396 e. The fourth-order valence-electron chi connectivity index (χ4n) is 4.25. The SMILES string of the molecule is Cc1cc(CCCCO)ncc1-c1cc2cnc(NC(=O)C3CC3)cc2c2ncn(C)c12. The zero-order valence-corrected chi connectivity index (χ0v) is 18.4. The molecular formula is C25H27N5O2. The van der Waals surface area contributed by atoms with Gasteiger partial charge in [-0.3, -0.25) is 9.78 Å². The van der Waals surface area contributed by atoms with E-state index in [0.29, 0.717) is 5.82 Å². The largest absolute Gasteiger partial charge is 0.396 e. The molecule has 3 aromatic heterocycles. The molecule has 7 nitrogen and oxygen atoms in total. The molecule has 1 fully saturated rings. The molecule has 1 aliphatic rings. The number of benzene rings is 1. The van der Waals surface area contributed by atoms with Crippen molar-refractivity contribution < 1.29 is 9.90 Å². The van der Waals surface area contributed by atoms with Crippen LogP contribution in [0, 0.1) is 12.8 Å². The zero-order valence-electron chi connectivity index (χ0n) is 18.4. The van der Waals surface area contributed by atoms with Crippen molar-refractivity contribution in [2.24, 2.45) is 13.0 Å². The van der Waals surface area contributed by atoms with E-state index in [1.54, 1.807) is 0 Å². The van der Waals surface area contributed by atoms with Crippen molar-refractivity contribution in [2.45, 2.75) is 39.0 Å². The Hall–Kier alpha value is -3.32. The quantitative estimate of drug-likeness (QED) is 0.431. The number of fused-ring (bicyclic) bond motifs is 3. The molecule has 0 bridgehead atoms. The fraction of sp³-hybridized carbons (Fsp3) is 0.360. The maximum Gasteiger partial charge on any atom is 0.228 e.